The molecule has 0 spiro atoms. The summed E-state index contributed by atoms with van der Waals surface area (Å²) in [5, 5.41) is 13.2. The zero-order chi connectivity index (χ0) is 28.3. The highest BCUT2D eigenvalue weighted by Crippen LogP contribution is 2.41. The lowest BCUT2D eigenvalue weighted by molar-refractivity contribution is -0.157. The van der Waals surface area contributed by atoms with E-state index in [0.29, 0.717) is 23.4 Å². The number of fused-ring (bicyclic) bond motifs is 7. The van der Waals surface area contributed by atoms with Crippen molar-refractivity contribution in [1.29, 1.82) is 0 Å². The van der Waals surface area contributed by atoms with Gasteiger partial charge in [-0.1, -0.05) is 44.2 Å². The maximum absolute atomic E-state index is 14.6. The number of nitrogens with two attached hydrogens (primary N) is 1. The molecule has 3 aliphatic rings. The molecule has 1 fully saturated rings. The van der Waals surface area contributed by atoms with Crippen LogP contribution in [0.5, 0.6) is 0 Å². The number of ether oxygens (including phenoxy) is 1. The van der Waals surface area contributed by atoms with Crippen molar-refractivity contribution >= 4 is 27.6 Å². The molecule has 2 aromatic carbocycles. The second-order valence-corrected chi connectivity index (χ2v) is 10.3. The fourth-order valence-electron chi connectivity index (χ4n) is 6.05. The van der Waals surface area contributed by atoms with Crippen molar-refractivity contribution in [2.24, 2.45) is 5.73 Å². The van der Waals surface area contributed by atoms with Crippen LogP contribution in [0.3, 0.4) is 0 Å². The lowest BCUT2D eigenvalue weighted by atomic mass is 9.94. The minimum absolute atomic E-state index is 0.178. The van der Waals surface area contributed by atoms with E-state index in [1.165, 1.54) is 0 Å². The van der Waals surface area contributed by atoms with Gasteiger partial charge in [-0.15, -0.1) is 0 Å². The first-order chi connectivity index (χ1) is 19.2. The average Bonchev–Trinajstić information content (AvgIpc) is 3.32. The van der Waals surface area contributed by atoms with E-state index < -0.39 is 30.6 Å². The van der Waals surface area contributed by atoms with Crippen molar-refractivity contribution in [3.8, 4) is 11.4 Å². The number of benzene rings is 2. The molecule has 2 aromatic heterocycles. The number of pyridine rings is 2. The first kappa shape index (κ1) is 26.5. The Balaban J connectivity index is 0.00000142. The molecule has 5 heterocycles. The van der Waals surface area contributed by atoms with Gasteiger partial charge in [0.15, 0.2) is 6.10 Å². The van der Waals surface area contributed by atoms with Crippen LogP contribution in [0.25, 0.3) is 33.1 Å². The molecule has 10 heteroatoms. The van der Waals surface area contributed by atoms with E-state index in [9.17, 15) is 23.5 Å². The summed E-state index contributed by atoms with van der Waals surface area (Å²) in [6, 6.07) is 12.2. The topological polar surface area (TPSA) is 111 Å². The predicted octanol–water partition coefficient (Wildman–Crippen LogP) is 3.86. The number of hydrogen-bond acceptors (Lipinski definition) is 7. The van der Waals surface area contributed by atoms with Crippen LogP contribution in [0.2, 0.25) is 0 Å². The van der Waals surface area contributed by atoms with Crippen molar-refractivity contribution in [2.45, 2.75) is 58.0 Å². The number of aromatic nitrogens is 2. The van der Waals surface area contributed by atoms with Gasteiger partial charge in [-0.3, -0.25) is 9.69 Å². The number of alkyl halides is 2. The Morgan fingerprint density at radius 3 is 2.70 bits per heavy atom. The predicted molar refractivity (Wildman–Crippen MR) is 147 cm³/mol. The summed E-state index contributed by atoms with van der Waals surface area (Å²) in [5.41, 5.74) is 9.11. The second kappa shape index (κ2) is 9.72. The number of cyclic esters (lactones) is 1. The number of hydrogen-bond donors (Lipinski definition) is 2. The molecule has 3 N–H and O–H groups in total. The first-order valence-corrected chi connectivity index (χ1v) is 13.5. The number of halogens is 2. The SMILES string of the molecule is CC.NC1CCN(Cc2c3c(nc4ccc5ccccc5c24)-c2cc4c(c(=O)n2C3)COC(=O)C4O)CC1(F)F. The van der Waals surface area contributed by atoms with Crippen molar-refractivity contribution in [3.05, 3.63) is 75.1 Å². The summed E-state index contributed by atoms with van der Waals surface area (Å²) in [6.07, 6.45) is -1.37. The highest BCUT2D eigenvalue weighted by molar-refractivity contribution is 6.09. The molecule has 0 bridgehead atoms. The molecular weight excluding hydrogens is 518 g/mol. The van der Waals surface area contributed by atoms with Crippen LogP contribution >= 0.6 is 0 Å². The van der Waals surface area contributed by atoms with E-state index in [2.05, 4.69) is 0 Å². The van der Waals surface area contributed by atoms with Crippen LogP contribution in [-0.4, -0.2) is 50.6 Å². The Morgan fingerprint density at radius 2 is 1.93 bits per heavy atom. The molecular formula is C30H30F2N4O4. The monoisotopic (exact) mass is 548 g/mol. The van der Waals surface area contributed by atoms with E-state index in [4.69, 9.17) is 15.5 Å². The number of rotatable bonds is 2. The number of carbonyl (C=O) groups is 1. The Labute approximate surface area is 229 Å². The highest BCUT2D eigenvalue weighted by atomic mass is 19.3. The van der Waals surface area contributed by atoms with Crippen LogP contribution in [0, 0.1) is 0 Å². The maximum Gasteiger partial charge on any atom is 0.340 e. The zero-order valence-corrected chi connectivity index (χ0v) is 22.3. The van der Waals surface area contributed by atoms with Crippen molar-refractivity contribution in [3.63, 3.8) is 0 Å². The Morgan fingerprint density at radius 1 is 1.15 bits per heavy atom. The number of likely N-dealkylation sites (tertiary alicyclic amines) is 1. The molecule has 0 amide bonds. The summed E-state index contributed by atoms with van der Waals surface area (Å²) in [6.45, 7) is 4.20. The number of carbonyl (C=O) groups excluding carboxylic acids is 1. The van der Waals surface area contributed by atoms with Gasteiger partial charge in [0, 0.05) is 29.6 Å². The van der Waals surface area contributed by atoms with Gasteiger partial charge in [0.2, 0.25) is 0 Å². The van der Waals surface area contributed by atoms with Crippen LogP contribution in [0.15, 0.2) is 47.3 Å². The zero-order valence-electron chi connectivity index (χ0n) is 22.3. The van der Waals surface area contributed by atoms with Crippen LogP contribution in [-0.2, 0) is 29.2 Å². The third kappa shape index (κ3) is 4.01. The normalized spacial score (nSPS) is 21.3. The number of esters is 1. The number of aliphatic hydroxyl groups is 1. The van der Waals surface area contributed by atoms with E-state index in [-0.39, 0.29) is 42.8 Å². The summed E-state index contributed by atoms with van der Waals surface area (Å²) in [7, 11) is 0. The smallest absolute Gasteiger partial charge is 0.340 e. The lowest BCUT2D eigenvalue weighted by Gasteiger charge is -2.37. The summed E-state index contributed by atoms with van der Waals surface area (Å²) < 4.78 is 35.8. The Hall–Kier alpha value is -3.73. The molecule has 2 atom stereocenters. The molecule has 0 saturated carbocycles. The molecule has 0 radical (unpaired) electrons. The van der Waals surface area contributed by atoms with Gasteiger partial charge in [-0.25, -0.2) is 18.6 Å². The van der Waals surface area contributed by atoms with E-state index in [1.807, 2.05) is 50.2 Å². The largest absolute Gasteiger partial charge is 0.458 e. The van der Waals surface area contributed by atoms with Gasteiger partial charge in [0.05, 0.1) is 41.6 Å². The molecule has 3 aliphatic heterocycles. The number of nitrogens with zero attached hydrogens (tertiary/aromatic N) is 3. The molecule has 1 saturated heterocycles. The third-order valence-electron chi connectivity index (χ3n) is 8.08. The third-order valence-corrected chi connectivity index (χ3v) is 8.08. The van der Waals surface area contributed by atoms with Gasteiger partial charge in [-0.05, 0) is 34.9 Å². The first-order valence-electron chi connectivity index (χ1n) is 13.5. The number of piperidine rings is 1. The molecule has 0 aliphatic carbocycles. The Kier molecular flexibility index (Phi) is 6.44. The molecule has 4 aromatic rings. The Bertz CT molecular complexity index is 1740. The molecule has 208 valence electrons. The van der Waals surface area contributed by atoms with Gasteiger partial charge in [-0.2, -0.15) is 0 Å². The highest BCUT2D eigenvalue weighted by Gasteiger charge is 2.43. The van der Waals surface area contributed by atoms with Gasteiger partial charge in [0.1, 0.15) is 6.61 Å². The second-order valence-electron chi connectivity index (χ2n) is 10.3. The van der Waals surface area contributed by atoms with E-state index in [0.717, 1.165) is 27.3 Å². The summed E-state index contributed by atoms with van der Waals surface area (Å²) in [4.78, 5) is 32.1. The summed E-state index contributed by atoms with van der Waals surface area (Å²) >= 11 is 0. The molecule has 8 nitrogen and oxygen atoms in total. The maximum atomic E-state index is 14.6. The molecule has 40 heavy (non-hydrogen) atoms. The van der Waals surface area contributed by atoms with Gasteiger partial charge >= 0.3 is 5.97 Å². The van der Waals surface area contributed by atoms with E-state index >= 15 is 0 Å². The van der Waals surface area contributed by atoms with Gasteiger partial charge in [0.25, 0.3) is 11.5 Å². The van der Waals surface area contributed by atoms with Crippen molar-refractivity contribution < 1.29 is 23.4 Å². The van der Waals surface area contributed by atoms with Crippen molar-refractivity contribution in [2.75, 3.05) is 13.1 Å². The van der Waals surface area contributed by atoms with Crippen LogP contribution < -0.4 is 11.3 Å². The molecule has 2 unspecified atom stereocenters. The van der Waals surface area contributed by atoms with E-state index in [1.54, 1.807) is 15.5 Å². The summed E-state index contributed by atoms with van der Waals surface area (Å²) in [5.74, 6) is -3.81. The van der Waals surface area contributed by atoms with Crippen LogP contribution in [0.1, 0.15) is 48.6 Å². The fourth-order valence-corrected chi connectivity index (χ4v) is 6.05. The van der Waals surface area contributed by atoms with Crippen LogP contribution in [0.4, 0.5) is 8.78 Å². The minimum Gasteiger partial charge on any atom is -0.458 e. The fraction of sp³-hybridized carbons (Fsp3) is 0.367. The molecule has 7 rings (SSSR count). The minimum atomic E-state index is -3.01. The standard InChI is InChI=1S/C28H24F2N4O4.C2H6/c29-28(30)13-33(8-7-22(28)31)10-17-18-11-34-21(9-16-19(26(34)36)12-38-27(37)25(16)35)24(18)32-20-6-5-14-3-1-2-4-15(14)23(17)20;1-2/h1-6,9,22,25,35H,7-8,10-13,31H2;1-2H3. The van der Waals surface area contributed by atoms with Gasteiger partial charge < -0.3 is 20.1 Å². The quantitative estimate of drug-likeness (QED) is 0.255. The van der Waals surface area contributed by atoms with Crippen molar-refractivity contribution in [1.82, 2.24) is 14.5 Å². The lowest BCUT2D eigenvalue weighted by Crippen LogP contribution is -2.55. The number of aliphatic hydroxyl groups excluding tert-OH is 1. The average molecular weight is 549 g/mol.